The van der Waals surface area contributed by atoms with Gasteiger partial charge in [-0.3, -0.25) is 14.8 Å². The number of anilines is 2. The minimum Gasteiger partial charge on any atom is -0.296 e. The molecule has 2 aromatic carbocycles. The SMILES string of the molecule is CCCSc1nnc(NC(=O)c2cccc(NS(=O)(=O)c3ccc(C)cc3)c2)s1. The largest absolute Gasteiger partial charge is 0.296 e. The molecule has 2 N–H and O–H groups in total. The quantitative estimate of drug-likeness (QED) is 0.391. The molecule has 3 aromatic rings. The van der Waals surface area contributed by atoms with Gasteiger partial charge in [0.15, 0.2) is 4.34 Å². The number of carbonyl (C=O) groups excluding carboxylic acids is 1. The summed E-state index contributed by atoms with van der Waals surface area (Å²) in [6, 6.07) is 12.8. The van der Waals surface area contributed by atoms with Crippen molar-refractivity contribution in [3.63, 3.8) is 0 Å². The highest BCUT2D eigenvalue weighted by Crippen LogP contribution is 2.26. The topological polar surface area (TPSA) is 101 Å². The van der Waals surface area contributed by atoms with Crippen LogP contribution in [0.1, 0.15) is 29.3 Å². The molecule has 1 heterocycles. The molecule has 29 heavy (non-hydrogen) atoms. The van der Waals surface area contributed by atoms with Crippen molar-refractivity contribution in [1.29, 1.82) is 0 Å². The van der Waals surface area contributed by atoms with Gasteiger partial charge < -0.3 is 0 Å². The Hall–Kier alpha value is -2.43. The van der Waals surface area contributed by atoms with E-state index in [1.807, 2.05) is 6.92 Å². The second-order valence-electron chi connectivity index (χ2n) is 6.18. The number of sulfonamides is 1. The van der Waals surface area contributed by atoms with E-state index < -0.39 is 10.0 Å². The number of hydrogen-bond donors (Lipinski definition) is 2. The van der Waals surface area contributed by atoms with Gasteiger partial charge in [-0.2, -0.15) is 0 Å². The standard InChI is InChI=1S/C19H20N4O3S3/c1-3-11-27-19-22-21-18(28-19)20-17(24)14-5-4-6-15(12-14)23-29(25,26)16-9-7-13(2)8-10-16/h4-10,12,23H,3,11H2,1-2H3,(H,20,21,24). The monoisotopic (exact) mass is 448 g/mol. The van der Waals surface area contributed by atoms with Crippen molar-refractivity contribution in [2.45, 2.75) is 29.5 Å². The van der Waals surface area contributed by atoms with E-state index in [4.69, 9.17) is 0 Å². The van der Waals surface area contributed by atoms with E-state index in [2.05, 4.69) is 27.2 Å². The van der Waals surface area contributed by atoms with Gasteiger partial charge in [-0.25, -0.2) is 8.42 Å². The Morgan fingerprint density at radius 3 is 2.62 bits per heavy atom. The van der Waals surface area contributed by atoms with Crippen LogP contribution < -0.4 is 10.0 Å². The lowest BCUT2D eigenvalue weighted by atomic mass is 10.2. The molecular formula is C19H20N4O3S3. The van der Waals surface area contributed by atoms with Gasteiger partial charge in [0, 0.05) is 17.0 Å². The average molecular weight is 449 g/mol. The van der Waals surface area contributed by atoms with Crippen molar-refractivity contribution in [2.24, 2.45) is 0 Å². The average Bonchev–Trinajstić information content (AvgIpc) is 3.14. The number of nitrogens with zero attached hydrogens (tertiary/aromatic N) is 2. The van der Waals surface area contributed by atoms with Gasteiger partial charge in [-0.1, -0.05) is 53.8 Å². The zero-order valence-electron chi connectivity index (χ0n) is 15.9. The van der Waals surface area contributed by atoms with Gasteiger partial charge in [0.2, 0.25) is 5.13 Å². The normalized spacial score (nSPS) is 11.2. The number of aromatic nitrogens is 2. The Morgan fingerprint density at radius 1 is 1.14 bits per heavy atom. The minimum atomic E-state index is -3.74. The Kier molecular flexibility index (Phi) is 6.88. The van der Waals surface area contributed by atoms with Crippen molar-refractivity contribution in [3.05, 3.63) is 59.7 Å². The van der Waals surface area contributed by atoms with E-state index in [9.17, 15) is 13.2 Å². The smallest absolute Gasteiger partial charge is 0.261 e. The summed E-state index contributed by atoms with van der Waals surface area (Å²) in [7, 11) is -3.74. The van der Waals surface area contributed by atoms with Gasteiger partial charge in [0.25, 0.3) is 15.9 Å². The lowest BCUT2D eigenvalue weighted by molar-refractivity contribution is 0.102. The van der Waals surface area contributed by atoms with Crippen molar-refractivity contribution in [3.8, 4) is 0 Å². The first-order valence-electron chi connectivity index (χ1n) is 8.84. The molecular weight excluding hydrogens is 428 g/mol. The highest BCUT2D eigenvalue weighted by Gasteiger charge is 2.16. The van der Waals surface area contributed by atoms with Gasteiger partial charge >= 0.3 is 0 Å². The summed E-state index contributed by atoms with van der Waals surface area (Å²) >= 11 is 2.89. The van der Waals surface area contributed by atoms with E-state index in [0.717, 1.165) is 22.1 Å². The molecule has 7 nitrogen and oxygen atoms in total. The van der Waals surface area contributed by atoms with Crippen LogP contribution in [-0.4, -0.2) is 30.3 Å². The van der Waals surface area contributed by atoms with Crippen LogP contribution in [0.25, 0.3) is 0 Å². The van der Waals surface area contributed by atoms with Gasteiger partial charge in [-0.05, 0) is 43.7 Å². The van der Waals surface area contributed by atoms with Crippen molar-refractivity contribution >= 4 is 49.8 Å². The number of nitrogens with one attached hydrogen (secondary N) is 2. The van der Waals surface area contributed by atoms with Crippen molar-refractivity contribution in [2.75, 3.05) is 15.8 Å². The summed E-state index contributed by atoms with van der Waals surface area (Å²) in [6.45, 7) is 3.96. The first kappa shape index (κ1) is 21.3. The maximum Gasteiger partial charge on any atom is 0.261 e. The highest BCUT2D eigenvalue weighted by molar-refractivity contribution is 8.01. The van der Waals surface area contributed by atoms with E-state index >= 15 is 0 Å². The lowest BCUT2D eigenvalue weighted by Crippen LogP contribution is -2.15. The van der Waals surface area contributed by atoms with Crippen LogP contribution in [0.3, 0.4) is 0 Å². The molecule has 3 rings (SSSR count). The van der Waals surface area contributed by atoms with Crippen molar-refractivity contribution < 1.29 is 13.2 Å². The number of thioether (sulfide) groups is 1. The second-order valence-corrected chi connectivity index (χ2v) is 10.2. The maximum atomic E-state index is 12.5. The number of carbonyl (C=O) groups is 1. The second kappa shape index (κ2) is 9.38. The maximum absolute atomic E-state index is 12.5. The molecule has 0 unspecified atom stereocenters. The molecule has 10 heteroatoms. The van der Waals surface area contributed by atoms with Gasteiger partial charge in [0.05, 0.1) is 4.90 Å². The number of benzene rings is 2. The van der Waals surface area contributed by atoms with E-state index in [-0.39, 0.29) is 10.8 Å². The molecule has 0 aliphatic rings. The first-order valence-corrected chi connectivity index (χ1v) is 12.1. The predicted molar refractivity (Wildman–Crippen MR) is 117 cm³/mol. The minimum absolute atomic E-state index is 0.156. The third-order valence-electron chi connectivity index (χ3n) is 3.76. The third kappa shape index (κ3) is 5.78. The number of amides is 1. The van der Waals surface area contributed by atoms with Gasteiger partial charge in [-0.15, -0.1) is 10.2 Å². The van der Waals surface area contributed by atoms with E-state index in [1.165, 1.54) is 29.5 Å². The predicted octanol–water partition coefficient (Wildman–Crippen LogP) is 4.40. The molecule has 0 saturated heterocycles. The Balaban J connectivity index is 1.71. The Bertz CT molecular complexity index is 1100. The molecule has 0 aliphatic carbocycles. The molecule has 0 radical (unpaired) electrons. The van der Waals surface area contributed by atoms with E-state index in [1.54, 1.807) is 42.1 Å². The lowest BCUT2D eigenvalue weighted by Gasteiger charge is -2.09. The molecule has 0 atom stereocenters. The fourth-order valence-electron chi connectivity index (χ4n) is 2.33. The molecule has 152 valence electrons. The molecule has 1 aromatic heterocycles. The summed E-state index contributed by atoms with van der Waals surface area (Å²) in [5.74, 6) is 0.552. The molecule has 0 aliphatic heterocycles. The molecule has 0 bridgehead atoms. The Morgan fingerprint density at radius 2 is 1.90 bits per heavy atom. The van der Waals surface area contributed by atoms with Crippen LogP contribution in [0.5, 0.6) is 0 Å². The van der Waals surface area contributed by atoms with Gasteiger partial charge in [0.1, 0.15) is 0 Å². The number of rotatable bonds is 8. The number of aryl methyl sites for hydroxylation is 1. The fourth-order valence-corrected chi connectivity index (χ4v) is 5.05. The zero-order valence-corrected chi connectivity index (χ0v) is 18.3. The summed E-state index contributed by atoms with van der Waals surface area (Å²) in [5.41, 5.74) is 1.58. The third-order valence-corrected chi connectivity index (χ3v) is 7.34. The molecule has 1 amide bonds. The van der Waals surface area contributed by atoms with Crippen LogP contribution in [0.4, 0.5) is 10.8 Å². The number of hydrogen-bond acceptors (Lipinski definition) is 7. The summed E-state index contributed by atoms with van der Waals surface area (Å²) in [5, 5.41) is 11.1. The Labute approximate surface area is 178 Å². The van der Waals surface area contributed by atoms with E-state index in [0.29, 0.717) is 16.4 Å². The molecule has 0 saturated carbocycles. The van der Waals surface area contributed by atoms with Crippen LogP contribution in [0.2, 0.25) is 0 Å². The fraction of sp³-hybridized carbons (Fsp3) is 0.211. The zero-order chi connectivity index (χ0) is 20.9. The molecule has 0 fully saturated rings. The van der Waals surface area contributed by atoms with Crippen LogP contribution in [0.15, 0.2) is 57.8 Å². The molecule has 0 spiro atoms. The van der Waals surface area contributed by atoms with Crippen LogP contribution in [-0.2, 0) is 10.0 Å². The van der Waals surface area contributed by atoms with Crippen LogP contribution in [0, 0.1) is 6.92 Å². The summed E-state index contributed by atoms with van der Waals surface area (Å²) in [6.07, 6.45) is 1.03. The highest BCUT2D eigenvalue weighted by atomic mass is 32.2. The van der Waals surface area contributed by atoms with Crippen LogP contribution >= 0.6 is 23.1 Å². The summed E-state index contributed by atoms with van der Waals surface area (Å²) < 4.78 is 28.4. The van der Waals surface area contributed by atoms with Crippen molar-refractivity contribution in [1.82, 2.24) is 10.2 Å². The first-order chi connectivity index (χ1) is 13.9. The summed E-state index contributed by atoms with van der Waals surface area (Å²) in [4.78, 5) is 12.7.